The topological polar surface area (TPSA) is 64.6 Å². The molecule has 0 spiro atoms. The lowest BCUT2D eigenvalue weighted by molar-refractivity contribution is -0.125. The van der Waals surface area contributed by atoms with Crippen molar-refractivity contribution in [2.75, 3.05) is 7.11 Å². The van der Waals surface area contributed by atoms with E-state index in [1.807, 2.05) is 39.0 Å². The highest BCUT2D eigenvalue weighted by molar-refractivity contribution is 6.23. The number of aryl methyl sites for hydroxylation is 2. The molecule has 0 aromatic heterocycles. The molecule has 0 fully saturated rings. The Kier molecular flexibility index (Phi) is 5.55. The van der Waals surface area contributed by atoms with Crippen LogP contribution in [0.3, 0.4) is 0 Å². The van der Waals surface area contributed by atoms with E-state index in [2.05, 4.69) is 5.32 Å². The normalized spacial score (nSPS) is 18.8. The lowest BCUT2D eigenvalue weighted by Gasteiger charge is -2.16. The predicted octanol–water partition coefficient (Wildman–Crippen LogP) is 2.50. The zero-order valence-corrected chi connectivity index (χ0v) is 14.0. The van der Waals surface area contributed by atoms with Crippen molar-refractivity contribution in [2.45, 2.75) is 45.8 Å². The van der Waals surface area contributed by atoms with Crippen LogP contribution in [0, 0.1) is 13.8 Å². The van der Waals surface area contributed by atoms with Gasteiger partial charge in [0.15, 0.2) is 0 Å². The van der Waals surface area contributed by atoms with Crippen LogP contribution in [0.5, 0.6) is 0 Å². The average molecular weight is 317 g/mol. The van der Waals surface area contributed by atoms with Gasteiger partial charge in [-0.2, -0.15) is 0 Å². The second-order valence-electron chi connectivity index (χ2n) is 5.92. The molecule has 0 saturated carbocycles. The summed E-state index contributed by atoms with van der Waals surface area (Å²) in [6.07, 6.45) is 1.49. The Bertz CT molecular complexity index is 636. The van der Waals surface area contributed by atoms with Crippen LogP contribution in [0.1, 0.15) is 36.5 Å². The van der Waals surface area contributed by atoms with Gasteiger partial charge in [-0.25, -0.2) is 0 Å². The number of ether oxygens (including phenoxy) is 2. The van der Waals surface area contributed by atoms with Crippen molar-refractivity contribution in [3.8, 4) is 0 Å². The van der Waals surface area contributed by atoms with Crippen LogP contribution in [0.15, 0.2) is 24.0 Å². The Morgan fingerprint density at radius 1 is 1.35 bits per heavy atom. The molecule has 5 nitrogen and oxygen atoms in total. The first-order chi connectivity index (χ1) is 11.0. The third-order valence-electron chi connectivity index (χ3n) is 4.20. The molecule has 0 radical (unpaired) electrons. The van der Waals surface area contributed by atoms with Gasteiger partial charge in [0.05, 0.1) is 17.7 Å². The first-order valence-electron chi connectivity index (χ1n) is 7.73. The van der Waals surface area contributed by atoms with Crippen molar-refractivity contribution in [3.63, 3.8) is 0 Å². The number of hydrogen-bond acceptors (Lipinski definition) is 4. The van der Waals surface area contributed by atoms with Gasteiger partial charge in [0, 0.05) is 7.11 Å². The second kappa shape index (κ2) is 7.42. The Labute approximate surface area is 136 Å². The number of methoxy groups -OCH3 is 1. The van der Waals surface area contributed by atoms with E-state index in [0.29, 0.717) is 24.2 Å². The van der Waals surface area contributed by atoms with E-state index in [1.54, 1.807) is 7.11 Å². The van der Waals surface area contributed by atoms with Gasteiger partial charge in [-0.1, -0.05) is 23.8 Å². The first-order valence-corrected chi connectivity index (χ1v) is 7.73. The van der Waals surface area contributed by atoms with Crippen molar-refractivity contribution in [3.05, 3.63) is 40.6 Å². The predicted molar refractivity (Wildman–Crippen MR) is 87.6 cm³/mol. The fraction of sp³-hybridized carbons (Fsp3) is 0.444. The number of hydrogen-bond donors (Lipinski definition) is 1. The molecule has 1 aliphatic heterocycles. The van der Waals surface area contributed by atoms with E-state index < -0.39 is 0 Å². The van der Waals surface area contributed by atoms with Crippen molar-refractivity contribution < 1.29 is 19.1 Å². The Morgan fingerprint density at radius 3 is 2.74 bits per heavy atom. The molecule has 0 aliphatic carbocycles. The third-order valence-corrected chi connectivity index (χ3v) is 4.20. The fourth-order valence-corrected chi connectivity index (χ4v) is 2.76. The van der Waals surface area contributed by atoms with Crippen molar-refractivity contribution in [1.29, 1.82) is 0 Å². The lowest BCUT2D eigenvalue weighted by Crippen LogP contribution is -2.30. The fourth-order valence-electron chi connectivity index (χ4n) is 2.76. The van der Waals surface area contributed by atoms with Crippen molar-refractivity contribution >= 4 is 18.0 Å². The zero-order valence-electron chi connectivity index (χ0n) is 14.0. The van der Waals surface area contributed by atoms with E-state index in [1.165, 1.54) is 0 Å². The minimum atomic E-state index is -0.305. The van der Waals surface area contributed by atoms with Gasteiger partial charge in [-0.3, -0.25) is 9.59 Å². The average Bonchev–Trinajstić information content (AvgIpc) is 2.83. The number of carbonyl (C=O) groups is 2. The first kappa shape index (κ1) is 17.2. The standard InChI is InChI=1S/C18H23NO4/c1-11-5-6-12(2)14(9-11)16-17(23-10-20)15(19-18(16)21)8-7-13(3)22-4/h5-6,9-10,13,15H,7-8H2,1-4H3,(H,19,21)/t13-,15+/m0/s1. The molecule has 0 bridgehead atoms. The molecular weight excluding hydrogens is 294 g/mol. The maximum absolute atomic E-state index is 12.5. The number of nitrogens with one attached hydrogen (secondary N) is 1. The van der Waals surface area contributed by atoms with Gasteiger partial charge in [-0.15, -0.1) is 0 Å². The number of rotatable bonds is 7. The zero-order chi connectivity index (χ0) is 17.0. The van der Waals surface area contributed by atoms with E-state index in [-0.39, 0.29) is 18.1 Å². The maximum atomic E-state index is 12.5. The van der Waals surface area contributed by atoms with Gasteiger partial charge in [-0.05, 0) is 44.7 Å². The molecule has 0 saturated heterocycles. The Morgan fingerprint density at radius 2 is 2.09 bits per heavy atom. The second-order valence-corrected chi connectivity index (χ2v) is 5.92. The van der Waals surface area contributed by atoms with E-state index in [0.717, 1.165) is 23.1 Å². The molecule has 1 aliphatic rings. The van der Waals surface area contributed by atoms with Gasteiger partial charge in [0.2, 0.25) is 0 Å². The molecule has 1 aromatic carbocycles. The monoisotopic (exact) mass is 317 g/mol. The van der Waals surface area contributed by atoms with Gasteiger partial charge in [0.25, 0.3) is 12.4 Å². The summed E-state index contributed by atoms with van der Waals surface area (Å²) in [7, 11) is 1.65. The van der Waals surface area contributed by atoms with Crippen molar-refractivity contribution in [2.24, 2.45) is 0 Å². The summed E-state index contributed by atoms with van der Waals surface area (Å²) in [6.45, 7) is 6.25. The summed E-state index contributed by atoms with van der Waals surface area (Å²) in [5.41, 5.74) is 3.28. The summed E-state index contributed by atoms with van der Waals surface area (Å²) in [5.74, 6) is 0.202. The minimum absolute atomic E-state index is 0.0779. The molecular formula is C18H23NO4. The van der Waals surface area contributed by atoms with Crippen molar-refractivity contribution in [1.82, 2.24) is 5.32 Å². The highest BCUT2D eigenvalue weighted by atomic mass is 16.5. The molecule has 2 rings (SSSR count). The molecule has 23 heavy (non-hydrogen) atoms. The lowest BCUT2D eigenvalue weighted by atomic mass is 9.96. The largest absolute Gasteiger partial charge is 0.430 e. The van der Waals surface area contributed by atoms with Crippen LogP contribution in [-0.2, 0) is 19.1 Å². The summed E-state index contributed by atoms with van der Waals surface area (Å²) in [5, 5.41) is 2.91. The van der Waals surface area contributed by atoms with E-state index in [4.69, 9.17) is 9.47 Å². The quantitative estimate of drug-likeness (QED) is 0.785. The SMILES string of the molecule is CO[C@@H](C)CC[C@H]1NC(=O)C(c2cc(C)ccc2C)=C1OC=O. The highest BCUT2D eigenvalue weighted by Gasteiger charge is 2.35. The molecule has 1 heterocycles. The Balaban J connectivity index is 2.39. The summed E-state index contributed by atoms with van der Waals surface area (Å²) >= 11 is 0. The third kappa shape index (κ3) is 3.79. The van der Waals surface area contributed by atoms with E-state index in [9.17, 15) is 9.59 Å². The summed E-state index contributed by atoms with van der Waals surface area (Å²) < 4.78 is 10.4. The molecule has 5 heteroatoms. The highest BCUT2D eigenvalue weighted by Crippen LogP contribution is 2.32. The van der Waals surface area contributed by atoms with Crippen LogP contribution in [0.2, 0.25) is 0 Å². The van der Waals surface area contributed by atoms with Crippen LogP contribution >= 0.6 is 0 Å². The Hall–Kier alpha value is -2.14. The summed E-state index contributed by atoms with van der Waals surface area (Å²) in [6, 6.07) is 5.59. The van der Waals surface area contributed by atoms with Gasteiger partial charge < -0.3 is 14.8 Å². The number of amides is 1. The molecule has 1 N–H and O–H groups in total. The van der Waals surface area contributed by atoms with Gasteiger partial charge in [0.1, 0.15) is 5.76 Å². The van der Waals surface area contributed by atoms with Crippen LogP contribution in [0.4, 0.5) is 0 Å². The molecule has 2 atom stereocenters. The molecule has 1 aromatic rings. The van der Waals surface area contributed by atoms with Crippen LogP contribution in [-0.4, -0.2) is 31.6 Å². The summed E-state index contributed by atoms with van der Waals surface area (Å²) in [4.78, 5) is 23.4. The molecule has 124 valence electrons. The van der Waals surface area contributed by atoms with Crippen LogP contribution in [0.25, 0.3) is 5.57 Å². The number of carbonyl (C=O) groups excluding carboxylic acids is 2. The molecule has 1 amide bonds. The van der Waals surface area contributed by atoms with Crippen LogP contribution < -0.4 is 5.32 Å². The number of benzene rings is 1. The molecule has 0 unspecified atom stereocenters. The smallest absolute Gasteiger partial charge is 0.298 e. The minimum Gasteiger partial charge on any atom is -0.430 e. The maximum Gasteiger partial charge on any atom is 0.298 e. The van der Waals surface area contributed by atoms with E-state index >= 15 is 0 Å². The van der Waals surface area contributed by atoms with Gasteiger partial charge >= 0.3 is 0 Å².